The van der Waals surface area contributed by atoms with Crippen LogP contribution in [0.2, 0.25) is 10.3 Å². The Kier molecular flexibility index (Phi) is 6.83. The number of carbonyl (C=O) groups excluding carboxylic acids is 1. The van der Waals surface area contributed by atoms with Gasteiger partial charge in [-0.15, -0.1) is 12.6 Å². The highest BCUT2D eigenvalue weighted by atomic mass is 79.9. The molecular formula is C35H26BrCl2N5O5S. The maximum Gasteiger partial charge on any atom is 0.250 e. The second kappa shape index (κ2) is 10.8. The summed E-state index contributed by atoms with van der Waals surface area (Å²) < 4.78 is 20.5. The van der Waals surface area contributed by atoms with E-state index in [4.69, 9.17) is 60.1 Å². The number of hydrogen-bond donors (Lipinski definition) is 5. The van der Waals surface area contributed by atoms with Crippen LogP contribution >= 0.6 is 51.8 Å². The second-order valence-electron chi connectivity index (χ2n) is 12.9. The number of phenols is 1. The SMILES string of the molecule is CC(C)[C@@H]1NC(=O)[C@@H](N)Cc2cc(Br)c(O)c(c2)[C@]23c4cccc(c4O[C@H]2S)-c2cccc4[nH]c(Cl)c(c24)-c2oc(nc2Cl)-c2nc1oc23. The van der Waals surface area contributed by atoms with Crippen LogP contribution in [0, 0.1) is 5.92 Å². The number of hydrogen-bond acceptors (Lipinski definition) is 9. The van der Waals surface area contributed by atoms with Crippen LogP contribution in [0.1, 0.15) is 48.2 Å². The van der Waals surface area contributed by atoms with Gasteiger partial charge in [0.25, 0.3) is 5.89 Å². The van der Waals surface area contributed by atoms with E-state index in [9.17, 15) is 9.90 Å². The van der Waals surface area contributed by atoms with Crippen LogP contribution < -0.4 is 15.8 Å². The third-order valence-electron chi connectivity index (χ3n) is 9.70. The lowest BCUT2D eigenvalue weighted by molar-refractivity contribution is -0.123. The molecule has 1 spiro atoms. The number of amides is 1. The number of ether oxygens (including phenoxy) is 1. The zero-order chi connectivity index (χ0) is 34.1. The summed E-state index contributed by atoms with van der Waals surface area (Å²) in [6, 6.07) is 13.5. The molecular weight excluding hydrogens is 753 g/mol. The molecule has 0 saturated carbocycles. The number of fused-ring (bicyclic) bond motifs is 8. The monoisotopic (exact) mass is 777 g/mol. The summed E-state index contributed by atoms with van der Waals surface area (Å²) in [5.74, 6) is 0.555. The van der Waals surface area contributed by atoms with E-state index in [1.807, 2.05) is 50.2 Å². The molecule has 14 heteroatoms. The first-order valence-electron chi connectivity index (χ1n) is 15.5. The molecule has 4 atom stereocenters. The summed E-state index contributed by atoms with van der Waals surface area (Å²) in [7, 11) is 0. The van der Waals surface area contributed by atoms with Gasteiger partial charge in [-0.1, -0.05) is 73.4 Å². The predicted octanol–water partition coefficient (Wildman–Crippen LogP) is 7.91. The Labute approximate surface area is 302 Å². The van der Waals surface area contributed by atoms with E-state index in [2.05, 4.69) is 31.2 Å². The molecule has 3 aromatic carbocycles. The first-order valence-corrected chi connectivity index (χ1v) is 17.6. The molecule has 49 heavy (non-hydrogen) atoms. The van der Waals surface area contributed by atoms with Crippen molar-refractivity contribution in [3.63, 3.8) is 0 Å². The molecule has 10 bridgehead atoms. The molecule has 0 aliphatic carbocycles. The fourth-order valence-electron chi connectivity index (χ4n) is 7.44. The van der Waals surface area contributed by atoms with Crippen LogP contribution in [0.15, 0.2) is 61.8 Å². The van der Waals surface area contributed by atoms with E-state index in [-0.39, 0.29) is 58.1 Å². The van der Waals surface area contributed by atoms with Gasteiger partial charge in [-0.3, -0.25) is 4.79 Å². The molecule has 3 aromatic heterocycles. The average Bonchev–Trinajstić information content (AvgIpc) is 3.81. The van der Waals surface area contributed by atoms with Crippen LogP contribution in [-0.4, -0.2) is 37.4 Å². The number of aromatic nitrogens is 3. The van der Waals surface area contributed by atoms with Gasteiger partial charge in [0.2, 0.25) is 11.8 Å². The van der Waals surface area contributed by atoms with Crippen molar-refractivity contribution in [2.75, 3.05) is 0 Å². The fourth-order valence-corrected chi connectivity index (χ4v) is 8.94. The lowest BCUT2D eigenvalue weighted by Crippen LogP contribution is -2.45. The van der Waals surface area contributed by atoms with E-state index < -0.39 is 22.9 Å². The van der Waals surface area contributed by atoms with E-state index in [1.165, 1.54) is 0 Å². The van der Waals surface area contributed by atoms with E-state index >= 15 is 0 Å². The third kappa shape index (κ3) is 4.21. The van der Waals surface area contributed by atoms with Crippen LogP contribution in [0.5, 0.6) is 11.5 Å². The van der Waals surface area contributed by atoms with Gasteiger partial charge in [0, 0.05) is 27.6 Å². The number of nitrogens with zero attached hydrogens (tertiary/aromatic N) is 2. The summed E-state index contributed by atoms with van der Waals surface area (Å²) in [5, 5.41) is 16.1. The van der Waals surface area contributed by atoms with E-state index in [0.29, 0.717) is 37.6 Å². The molecule has 0 fully saturated rings. The fraction of sp³-hybridized carbons (Fsp3) is 0.229. The molecule has 3 aliphatic heterocycles. The third-order valence-corrected chi connectivity index (χ3v) is 11.3. The van der Waals surface area contributed by atoms with Gasteiger partial charge in [-0.05, 0) is 51.5 Å². The van der Waals surface area contributed by atoms with E-state index in [0.717, 1.165) is 22.0 Å². The van der Waals surface area contributed by atoms with Crippen molar-refractivity contribution < 1.29 is 23.5 Å². The molecule has 3 aliphatic rings. The largest absolute Gasteiger partial charge is 0.506 e. The van der Waals surface area contributed by atoms with Crippen molar-refractivity contribution in [3.05, 3.63) is 91.7 Å². The van der Waals surface area contributed by atoms with Gasteiger partial charge in [0.1, 0.15) is 28.1 Å². The zero-order valence-corrected chi connectivity index (χ0v) is 29.8. The van der Waals surface area contributed by atoms with Crippen LogP contribution in [0.3, 0.4) is 0 Å². The Morgan fingerprint density at radius 2 is 1.88 bits per heavy atom. The minimum Gasteiger partial charge on any atom is -0.506 e. The van der Waals surface area contributed by atoms with Gasteiger partial charge in [-0.2, -0.15) is 4.98 Å². The zero-order valence-electron chi connectivity index (χ0n) is 25.8. The topological polar surface area (TPSA) is 152 Å². The smallest absolute Gasteiger partial charge is 0.250 e. The maximum atomic E-state index is 13.5. The highest BCUT2D eigenvalue weighted by Crippen LogP contribution is 2.61. The lowest BCUT2D eigenvalue weighted by Gasteiger charge is -2.33. The van der Waals surface area contributed by atoms with Gasteiger partial charge in [0.05, 0.1) is 16.1 Å². The summed E-state index contributed by atoms with van der Waals surface area (Å²) in [5.41, 5.74) is 8.78. The number of phenolic OH excluding ortho intramolecular Hbond substituents is 1. The number of aromatic amines is 1. The minimum absolute atomic E-state index is 0.0353. The molecule has 248 valence electrons. The molecule has 10 nitrogen and oxygen atoms in total. The highest BCUT2D eigenvalue weighted by Gasteiger charge is 2.58. The summed E-state index contributed by atoms with van der Waals surface area (Å²) in [6.45, 7) is 3.88. The molecule has 0 unspecified atom stereocenters. The molecule has 6 aromatic rings. The Morgan fingerprint density at radius 3 is 2.67 bits per heavy atom. The summed E-state index contributed by atoms with van der Waals surface area (Å²) in [4.78, 5) is 26.4. The number of thiol groups is 1. The molecule has 6 heterocycles. The van der Waals surface area contributed by atoms with Crippen molar-refractivity contribution >= 4 is 68.6 Å². The van der Waals surface area contributed by atoms with Crippen molar-refractivity contribution in [1.82, 2.24) is 20.3 Å². The Hall–Kier alpha value is -3.94. The van der Waals surface area contributed by atoms with Crippen molar-refractivity contribution in [3.8, 4) is 45.5 Å². The molecule has 0 saturated heterocycles. The Morgan fingerprint density at radius 1 is 1.10 bits per heavy atom. The molecule has 0 radical (unpaired) electrons. The number of para-hydroxylation sites is 1. The first-order chi connectivity index (χ1) is 23.5. The van der Waals surface area contributed by atoms with Crippen molar-refractivity contribution in [1.29, 1.82) is 0 Å². The standard InChI is InChI=1S/C35H26BrCl2N5O5S/c1-12(2)23-32-42-24-28(48-32)35(17-9-13(10-18(36)25(17)44)11-19(39)31(45)41-23)16-7-3-6-15(26(16)47-34(35)49)14-5-4-8-20-21(14)22(29(37)40-20)27-30(38)43-33(24)46-27/h3-10,12,19,23,34,40,44,49H,11,39H2,1-2H3,(H,41,45)/t19-,23-,34-,35-/m0/s1. The van der Waals surface area contributed by atoms with Crippen LogP contribution in [-0.2, 0) is 16.6 Å². The number of aromatic hydroxyl groups is 1. The number of H-pyrrole nitrogens is 1. The quantitative estimate of drug-likeness (QED) is 0.106. The second-order valence-corrected chi connectivity index (χ2v) is 14.9. The molecule has 5 N–H and O–H groups in total. The van der Waals surface area contributed by atoms with Crippen molar-refractivity contribution in [2.45, 2.75) is 43.2 Å². The normalized spacial score (nSPS) is 22.2. The predicted molar refractivity (Wildman–Crippen MR) is 191 cm³/mol. The van der Waals surface area contributed by atoms with Crippen LogP contribution in [0.25, 0.3) is 44.9 Å². The Balaban J connectivity index is 1.51. The maximum absolute atomic E-state index is 13.5. The number of nitrogens with one attached hydrogen (secondary N) is 2. The van der Waals surface area contributed by atoms with Gasteiger partial charge < -0.3 is 34.7 Å². The van der Waals surface area contributed by atoms with Crippen molar-refractivity contribution in [2.24, 2.45) is 11.7 Å². The van der Waals surface area contributed by atoms with Crippen LogP contribution in [0.4, 0.5) is 0 Å². The number of halogens is 3. The number of rotatable bonds is 1. The highest BCUT2D eigenvalue weighted by molar-refractivity contribution is 9.10. The average molecular weight is 779 g/mol. The lowest BCUT2D eigenvalue weighted by atomic mass is 9.71. The number of oxazole rings is 2. The molecule has 9 rings (SSSR count). The van der Waals surface area contributed by atoms with Gasteiger partial charge >= 0.3 is 0 Å². The minimum atomic E-state index is -1.45. The van der Waals surface area contributed by atoms with Gasteiger partial charge in [-0.25, -0.2) is 4.98 Å². The van der Waals surface area contributed by atoms with E-state index in [1.54, 1.807) is 12.1 Å². The number of carbonyl (C=O) groups is 1. The number of benzene rings is 3. The summed E-state index contributed by atoms with van der Waals surface area (Å²) in [6.07, 6.45) is 0.181. The Bertz CT molecular complexity index is 2410. The first kappa shape index (κ1) is 31.1. The number of nitrogens with two attached hydrogens (primary N) is 1. The summed E-state index contributed by atoms with van der Waals surface area (Å²) >= 11 is 22.5. The molecule has 1 amide bonds. The van der Waals surface area contributed by atoms with Gasteiger partial charge in [0.15, 0.2) is 27.8 Å².